The second-order valence-corrected chi connectivity index (χ2v) is 3.71. The molecule has 0 spiro atoms. The summed E-state index contributed by atoms with van der Waals surface area (Å²) in [4.78, 5) is -0.930. The van der Waals surface area contributed by atoms with Gasteiger partial charge >= 0.3 is 0 Å². The fourth-order valence-electron chi connectivity index (χ4n) is 0.255. The minimum absolute atomic E-state index is 0.378. The molecule has 0 saturated heterocycles. The highest BCUT2D eigenvalue weighted by Crippen LogP contribution is 2.32. The van der Waals surface area contributed by atoms with E-state index in [1.54, 1.807) is 6.92 Å². The summed E-state index contributed by atoms with van der Waals surface area (Å²) in [5.41, 5.74) is 0. The SMILES string of the molecule is CCOC(Cl)(Cl)C(Cl)Cl. The molecule has 9 heavy (non-hydrogen) atoms. The number of rotatable bonds is 3. The molecule has 0 saturated carbocycles. The van der Waals surface area contributed by atoms with Gasteiger partial charge in [-0.1, -0.05) is 46.4 Å². The first-order valence-corrected chi connectivity index (χ1v) is 3.93. The molecule has 0 atom stereocenters. The van der Waals surface area contributed by atoms with Crippen molar-refractivity contribution in [3.8, 4) is 0 Å². The van der Waals surface area contributed by atoms with Crippen molar-refractivity contribution in [2.75, 3.05) is 6.61 Å². The number of hydrogen-bond donors (Lipinski definition) is 0. The lowest BCUT2D eigenvalue weighted by atomic mass is 10.8. The highest BCUT2D eigenvalue weighted by Gasteiger charge is 2.32. The molecule has 0 aliphatic heterocycles. The fraction of sp³-hybridized carbons (Fsp3) is 1.00. The number of ether oxygens (including phenoxy) is 1. The minimum atomic E-state index is -1.47. The van der Waals surface area contributed by atoms with E-state index in [-0.39, 0.29) is 0 Å². The second-order valence-electron chi connectivity index (χ2n) is 1.30. The third kappa shape index (κ3) is 3.74. The van der Waals surface area contributed by atoms with E-state index < -0.39 is 9.36 Å². The van der Waals surface area contributed by atoms with E-state index >= 15 is 0 Å². The Kier molecular flexibility index (Phi) is 4.60. The van der Waals surface area contributed by atoms with Crippen molar-refractivity contribution in [2.45, 2.75) is 16.3 Å². The van der Waals surface area contributed by atoms with Crippen LogP contribution in [0.3, 0.4) is 0 Å². The first kappa shape index (κ1) is 10.1. The fourth-order valence-corrected chi connectivity index (χ4v) is 0.600. The highest BCUT2D eigenvalue weighted by molar-refractivity contribution is 6.58. The van der Waals surface area contributed by atoms with E-state index in [4.69, 9.17) is 51.1 Å². The molecule has 0 aromatic carbocycles. The third-order valence-electron chi connectivity index (χ3n) is 0.591. The van der Waals surface area contributed by atoms with Crippen LogP contribution in [0.15, 0.2) is 0 Å². The summed E-state index contributed by atoms with van der Waals surface area (Å²) in [6.07, 6.45) is 0. The molecule has 0 fully saturated rings. The van der Waals surface area contributed by atoms with Gasteiger partial charge in [0.25, 0.3) is 0 Å². The minimum Gasteiger partial charge on any atom is -0.345 e. The normalized spacial score (nSPS) is 12.7. The molecular weight excluding hydrogens is 206 g/mol. The van der Waals surface area contributed by atoms with Crippen LogP contribution >= 0.6 is 46.4 Å². The largest absolute Gasteiger partial charge is 0.345 e. The molecule has 0 unspecified atom stereocenters. The zero-order valence-electron chi connectivity index (χ0n) is 4.70. The van der Waals surface area contributed by atoms with Crippen LogP contribution < -0.4 is 0 Å². The van der Waals surface area contributed by atoms with E-state index in [2.05, 4.69) is 0 Å². The molecule has 0 aromatic rings. The lowest BCUT2D eigenvalue weighted by Crippen LogP contribution is -2.25. The second kappa shape index (κ2) is 4.09. The Bertz CT molecular complexity index is 82.6. The maximum atomic E-state index is 5.45. The molecular formula is C4H6Cl4O. The average molecular weight is 212 g/mol. The monoisotopic (exact) mass is 210 g/mol. The van der Waals surface area contributed by atoms with Gasteiger partial charge in [0, 0.05) is 6.61 Å². The molecule has 0 aliphatic rings. The Morgan fingerprint density at radius 3 is 2.00 bits per heavy atom. The van der Waals surface area contributed by atoms with E-state index in [0.29, 0.717) is 6.61 Å². The summed E-state index contributed by atoms with van der Waals surface area (Å²) in [6, 6.07) is 0. The Balaban J connectivity index is 3.70. The zero-order valence-corrected chi connectivity index (χ0v) is 7.73. The van der Waals surface area contributed by atoms with Gasteiger partial charge in [-0.05, 0) is 6.92 Å². The zero-order chi connectivity index (χ0) is 7.49. The van der Waals surface area contributed by atoms with Gasteiger partial charge in [-0.15, -0.1) is 0 Å². The van der Waals surface area contributed by atoms with Gasteiger partial charge in [-0.2, -0.15) is 0 Å². The van der Waals surface area contributed by atoms with Crippen molar-refractivity contribution in [1.29, 1.82) is 0 Å². The average Bonchev–Trinajstić information content (AvgIpc) is 1.65. The highest BCUT2D eigenvalue weighted by atomic mass is 35.5. The number of alkyl halides is 4. The molecule has 1 nitrogen and oxygen atoms in total. The van der Waals surface area contributed by atoms with Crippen LogP contribution in [-0.4, -0.2) is 16.0 Å². The first-order chi connectivity index (χ1) is 4.00. The molecule has 0 N–H and O–H groups in total. The van der Waals surface area contributed by atoms with Gasteiger partial charge in [-0.3, -0.25) is 0 Å². The van der Waals surface area contributed by atoms with Crippen LogP contribution in [0.4, 0.5) is 0 Å². The molecule has 0 bridgehead atoms. The van der Waals surface area contributed by atoms with E-state index in [1.165, 1.54) is 0 Å². The summed E-state index contributed by atoms with van der Waals surface area (Å²) in [6.45, 7) is 2.12. The molecule has 0 radical (unpaired) electrons. The van der Waals surface area contributed by atoms with Gasteiger partial charge in [0.2, 0.25) is 4.52 Å². The summed E-state index contributed by atoms with van der Waals surface area (Å²) < 4.78 is 3.28. The van der Waals surface area contributed by atoms with Crippen LogP contribution in [0.5, 0.6) is 0 Å². The van der Waals surface area contributed by atoms with Gasteiger partial charge in [0.15, 0.2) is 4.84 Å². The van der Waals surface area contributed by atoms with Crippen molar-refractivity contribution in [3.05, 3.63) is 0 Å². The standard InChI is InChI=1S/C4H6Cl4O/c1-2-9-4(7,8)3(5)6/h3H,2H2,1H3. The first-order valence-electron chi connectivity index (χ1n) is 2.30. The molecule has 5 heteroatoms. The van der Waals surface area contributed by atoms with Crippen LogP contribution in [-0.2, 0) is 4.74 Å². The van der Waals surface area contributed by atoms with E-state index in [9.17, 15) is 0 Å². The van der Waals surface area contributed by atoms with Gasteiger partial charge < -0.3 is 4.74 Å². The summed E-state index contributed by atoms with van der Waals surface area (Å²) in [5.74, 6) is 0. The quantitative estimate of drug-likeness (QED) is 0.653. The Morgan fingerprint density at radius 2 is 1.89 bits per heavy atom. The van der Waals surface area contributed by atoms with Crippen molar-refractivity contribution < 1.29 is 4.74 Å². The van der Waals surface area contributed by atoms with Gasteiger partial charge in [0.1, 0.15) is 0 Å². The Labute approximate surface area is 74.2 Å². The number of hydrogen-bond acceptors (Lipinski definition) is 1. The lowest BCUT2D eigenvalue weighted by Gasteiger charge is -2.19. The van der Waals surface area contributed by atoms with Crippen molar-refractivity contribution >= 4 is 46.4 Å². The maximum Gasteiger partial charge on any atom is 0.248 e. The van der Waals surface area contributed by atoms with Crippen molar-refractivity contribution in [2.24, 2.45) is 0 Å². The van der Waals surface area contributed by atoms with Crippen LogP contribution in [0.25, 0.3) is 0 Å². The predicted octanol–water partition coefficient (Wildman–Crippen LogP) is 2.96. The van der Waals surface area contributed by atoms with Gasteiger partial charge in [-0.25, -0.2) is 0 Å². The molecule has 0 aromatic heterocycles. The molecule has 0 amide bonds. The van der Waals surface area contributed by atoms with Gasteiger partial charge in [0.05, 0.1) is 0 Å². The molecule has 56 valence electrons. The van der Waals surface area contributed by atoms with Crippen LogP contribution in [0.1, 0.15) is 6.92 Å². The summed E-state index contributed by atoms with van der Waals surface area (Å²) >= 11 is 21.6. The summed E-state index contributed by atoms with van der Waals surface area (Å²) in [7, 11) is 0. The van der Waals surface area contributed by atoms with Crippen LogP contribution in [0, 0.1) is 0 Å². The van der Waals surface area contributed by atoms with Crippen LogP contribution in [0.2, 0.25) is 0 Å². The lowest BCUT2D eigenvalue weighted by molar-refractivity contribution is 0.0984. The van der Waals surface area contributed by atoms with Crippen molar-refractivity contribution in [1.82, 2.24) is 0 Å². The molecule has 0 heterocycles. The molecule has 0 aliphatic carbocycles. The smallest absolute Gasteiger partial charge is 0.248 e. The van der Waals surface area contributed by atoms with E-state index in [0.717, 1.165) is 0 Å². The van der Waals surface area contributed by atoms with Crippen molar-refractivity contribution in [3.63, 3.8) is 0 Å². The topological polar surface area (TPSA) is 9.23 Å². The Morgan fingerprint density at radius 1 is 1.44 bits per heavy atom. The predicted molar refractivity (Wildman–Crippen MR) is 41.6 cm³/mol. The third-order valence-corrected chi connectivity index (χ3v) is 2.31. The Hall–Kier alpha value is 1.12. The summed E-state index contributed by atoms with van der Waals surface area (Å²) in [5, 5.41) is 0. The number of halogens is 4. The van der Waals surface area contributed by atoms with E-state index in [1.807, 2.05) is 0 Å². The molecule has 0 rings (SSSR count). The maximum absolute atomic E-state index is 5.45.